The van der Waals surface area contributed by atoms with Gasteiger partial charge in [0.1, 0.15) is 0 Å². The highest BCUT2D eigenvalue weighted by Crippen LogP contribution is 2.27. The summed E-state index contributed by atoms with van der Waals surface area (Å²) in [5.74, 6) is -2.37. The summed E-state index contributed by atoms with van der Waals surface area (Å²) in [6.07, 6.45) is 7.54. The molecule has 6 nitrogen and oxygen atoms in total. The average Bonchev–Trinajstić information content (AvgIpc) is 2.81. The number of aromatic amines is 1. The van der Waals surface area contributed by atoms with Gasteiger partial charge in [0.25, 0.3) is 0 Å². The van der Waals surface area contributed by atoms with Gasteiger partial charge in [-0.3, -0.25) is 14.7 Å². The number of H-pyrrole nitrogens is 1. The van der Waals surface area contributed by atoms with E-state index in [4.69, 9.17) is 5.11 Å². The van der Waals surface area contributed by atoms with E-state index in [1.54, 1.807) is 12.3 Å². The Labute approximate surface area is 97.7 Å². The predicted octanol–water partition coefficient (Wildman–Crippen LogP) is 1.02. The van der Waals surface area contributed by atoms with E-state index in [0.717, 1.165) is 0 Å². The van der Waals surface area contributed by atoms with Crippen LogP contribution in [0.5, 0.6) is 0 Å². The summed E-state index contributed by atoms with van der Waals surface area (Å²) in [7, 11) is 0. The molecule has 1 aliphatic rings. The molecule has 0 bridgehead atoms. The Bertz CT molecular complexity index is 439. The molecule has 1 aromatic rings. The number of nitrogens with zero attached hydrogens (tertiary/aromatic N) is 1. The number of amides is 1. The van der Waals surface area contributed by atoms with Crippen LogP contribution in [-0.2, 0) is 9.59 Å². The van der Waals surface area contributed by atoms with Gasteiger partial charge in [-0.15, -0.1) is 0 Å². The molecule has 0 saturated carbocycles. The number of nitrogens with one attached hydrogen (secondary N) is 2. The van der Waals surface area contributed by atoms with Crippen LogP contribution in [0.2, 0.25) is 0 Å². The van der Waals surface area contributed by atoms with E-state index in [0.29, 0.717) is 18.5 Å². The molecule has 6 heteroatoms. The monoisotopic (exact) mass is 235 g/mol. The van der Waals surface area contributed by atoms with Gasteiger partial charge in [0.15, 0.2) is 0 Å². The Kier molecular flexibility index (Phi) is 3.22. The van der Waals surface area contributed by atoms with Crippen molar-refractivity contribution in [3.63, 3.8) is 0 Å². The number of aromatic nitrogens is 2. The first kappa shape index (κ1) is 11.4. The molecule has 3 N–H and O–H groups in total. The standard InChI is InChI=1S/C11H13N3O3/c15-10(14-7-5-12-13-6-7)8-3-1-2-4-9(8)11(16)17/h1-2,5-6,8-9H,3-4H2,(H,12,13)(H,14,15)(H,16,17). The van der Waals surface area contributed by atoms with Crippen molar-refractivity contribution < 1.29 is 14.7 Å². The van der Waals surface area contributed by atoms with E-state index in [-0.39, 0.29) is 5.91 Å². The summed E-state index contributed by atoms with van der Waals surface area (Å²) in [5.41, 5.74) is 0.550. The van der Waals surface area contributed by atoms with Crippen molar-refractivity contribution in [1.82, 2.24) is 10.2 Å². The normalized spacial score (nSPS) is 23.3. The number of carbonyl (C=O) groups excluding carboxylic acids is 1. The Morgan fingerprint density at radius 1 is 1.35 bits per heavy atom. The second-order valence-electron chi connectivity index (χ2n) is 3.97. The number of carboxylic acid groups (broad SMARTS) is 1. The Morgan fingerprint density at radius 2 is 2.06 bits per heavy atom. The highest BCUT2D eigenvalue weighted by molar-refractivity contribution is 5.95. The first-order valence-electron chi connectivity index (χ1n) is 5.36. The molecule has 0 radical (unpaired) electrons. The van der Waals surface area contributed by atoms with Crippen LogP contribution in [0.1, 0.15) is 12.8 Å². The van der Waals surface area contributed by atoms with E-state index in [2.05, 4.69) is 15.5 Å². The fourth-order valence-electron chi connectivity index (χ4n) is 1.93. The molecule has 1 aromatic heterocycles. The molecule has 1 aliphatic carbocycles. The van der Waals surface area contributed by atoms with Crippen molar-refractivity contribution in [2.75, 3.05) is 5.32 Å². The maximum absolute atomic E-state index is 11.9. The van der Waals surface area contributed by atoms with Gasteiger partial charge in [-0.1, -0.05) is 12.2 Å². The molecule has 0 saturated heterocycles. The van der Waals surface area contributed by atoms with Crippen LogP contribution in [-0.4, -0.2) is 27.2 Å². The van der Waals surface area contributed by atoms with Gasteiger partial charge < -0.3 is 10.4 Å². The van der Waals surface area contributed by atoms with Gasteiger partial charge in [-0.25, -0.2) is 0 Å². The smallest absolute Gasteiger partial charge is 0.307 e. The molecule has 0 fully saturated rings. The zero-order chi connectivity index (χ0) is 12.3. The number of carbonyl (C=O) groups is 2. The second-order valence-corrected chi connectivity index (χ2v) is 3.97. The minimum Gasteiger partial charge on any atom is -0.481 e. The van der Waals surface area contributed by atoms with Crippen LogP contribution in [0, 0.1) is 11.8 Å². The molecule has 90 valence electrons. The Balaban J connectivity index is 2.07. The van der Waals surface area contributed by atoms with E-state index in [1.165, 1.54) is 6.20 Å². The first-order valence-corrected chi connectivity index (χ1v) is 5.36. The van der Waals surface area contributed by atoms with Gasteiger partial charge >= 0.3 is 5.97 Å². The van der Waals surface area contributed by atoms with E-state index in [1.807, 2.05) is 6.08 Å². The maximum atomic E-state index is 11.9. The van der Waals surface area contributed by atoms with Crippen molar-refractivity contribution >= 4 is 17.6 Å². The van der Waals surface area contributed by atoms with Crippen LogP contribution in [0.15, 0.2) is 24.5 Å². The Hall–Kier alpha value is -2.11. The molecule has 2 atom stereocenters. The zero-order valence-electron chi connectivity index (χ0n) is 9.09. The number of anilines is 1. The van der Waals surface area contributed by atoms with Crippen molar-refractivity contribution in [2.45, 2.75) is 12.8 Å². The summed E-state index contributed by atoms with van der Waals surface area (Å²) < 4.78 is 0. The SMILES string of the molecule is O=C(O)C1CC=CCC1C(=O)Nc1cn[nH]c1. The highest BCUT2D eigenvalue weighted by atomic mass is 16.4. The summed E-state index contributed by atoms with van der Waals surface area (Å²) in [6.45, 7) is 0. The molecule has 0 aliphatic heterocycles. The van der Waals surface area contributed by atoms with Crippen LogP contribution >= 0.6 is 0 Å². The minimum absolute atomic E-state index is 0.275. The topological polar surface area (TPSA) is 95.1 Å². The third-order valence-electron chi connectivity index (χ3n) is 2.85. The van der Waals surface area contributed by atoms with E-state index < -0.39 is 17.8 Å². The van der Waals surface area contributed by atoms with Crippen LogP contribution in [0.3, 0.4) is 0 Å². The molecule has 0 spiro atoms. The quantitative estimate of drug-likeness (QED) is 0.681. The minimum atomic E-state index is -0.929. The second kappa shape index (κ2) is 4.82. The Morgan fingerprint density at radius 3 is 2.65 bits per heavy atom. The van der Waals surface area contributed by atoms with Gasteiger partial charge in [0, 0.05) is 6.20 Å². The molecule has 1 amide bonds. The van der Waals surface area contributed by atoms with Gasteiger partial charge in [0.05, 0.1) is 23.7 Å². The summed E-state index contributed by atoms with van der Waals surface area (Å²) in [6, 6.07) is 0. The van der Waals surface area contributed by atoms with Crippen molar-refractivity contribution in [2.24, 2.45) is 11.8 Å². The number of hydrogen-bond donors (Lipinski definition) is 3. The molecular weight excluding hydrogens is 222 g/mol. The van der Waals surface area contributed by atoms with E-state index in [9.17, 15) is 9.59 Å². The van der Waals surface area contributed by atoms with Crippen molar-refractivity contribution in [3.05, 3.63) is 24.5 Å². The highest BCUT2D eigenvalue weighted by Gasteiger charge is 2.33. The van der Waals surface area contributed by atoms with Gasteiger partial charge in [0.2, 0.25) is 5.91 Å². The summed E-state index contributed by atoms with van der Waals surface area (Å²) >= 11 is 0. The molecular formula is C11H13N3O3. The summed E-state index contributed by atoms with van der Waals surface area (Å²) in [4.78, 5) is 23.0. The molecule has 2 unspecified atom stereocenters. The lowest BCUT2D eigenvalue weighted by molar-refractivity contribution is -0.146. The average molecular weight is 235 g/mol. The number of rotatable bonds is 3. The fraction of sp³-hybridized carbons (Fsp3) is 0.364. The number of aliphatic carboxylic acids is 1. The lowest BCUT2D eigenvalue weighted by atomic mass is 9.82. The lowest BCUT2D eigenvalue weighted by Crippen LogP contribution is -2.34. The molecule has 1 heterocycles. The fourth-order valence-corrected chi connectivity index (χ4v) is 1.93. The molecule has 2 rings (SSSR count). The van der Waals surface area contributed by atoms with Crippen LogP contribution in [0.25, 0.3) is 0 Å². The van der Waals surface area contributed by atoms with E-state index >= 15 is 0 Å². The summed E-state index contributed by atoms with van der Waals surface area (Å²) in [5, 5.41) is 18.0. The third-order valence-corrected chi connectivity index (χ3v) is 2.85. The largest absolute Gasteiger partial charge is 0.481 e. The zero-order valence-corrected chi connectivity index (χ0v) is 9.09. The number of hydrogen-bond acceptors (Lipinski definition) is 3. The van der Waals surface area contributed by atoms with Gasteiger partial charge in [-0.2, -0.15) is 5.10 Å². The maximum Gasteiger partial charge on any atom is 0.307 e. The van der Waals surface area contributed by atoms with Crippen LogP contribution in [0.4, 0.5) is 5.69 Å². The van der Waals surface area contributed by atoms with Crippen molar-refractivity contribution in [1.29, 1.82) is 0 Å². The van der Waals surface area contributed by atoms with Gasteiger partial charge in [-0.05, 0) is 12.8 Å². The van der Waals surface area contributed by atoms with Crippen LogP contribution < -0.4 is 5.32 Å². The predicted molar refractivity (Wildman–Crippen MR) is 60.2 cm³/mol. The van der Waals surface area contributed by atoms with Crippen molar-refractivity contribution in [3.8, 4) is 0 Å². The first-order chi connectivity index (χ1) is 8.18. The lowest BCUT2D eigenvalue weighted by Gasteiger charge is -2.23. The third kappa shape index (κ3) is 2.52. The molecule has 17 heavy (non-hydrogen) atoms. The molecule has 0 aromatic carbocycles. The number of carboxylic acids is 1. The number of allylic oxidation sites excluding steroid dienone is 2.